The van der Waals surface area contributed by atoms with E-state index in [0.717, 1.165) is 31.2 Å². The molecule has 1 N–H and O–H groups in total. The molecule has 0 fully saturated rings. The molecule has 0 aromatic carbocycles. The fourth-order valence-corrected chi connectivity index (χ4v) is 2.86. The van der Waals surface area contributed by atoms with Crippen LogP contribution in [0.1, 0.15) is 55.0 Å². The Morgan fingerprint density at radius 3 is 3.05 bits per heavy atom. The molecule has 1 aliphatic heterocycles. The minimum Gasteiger partial charge on any atom is -0.314 e. The fourth-order valence-electron chi connectivity index (χ4n) is 2.86. The van der Waals surface area contributed by atoms with Gasteiger partial charge in [-0.05, 0) is 43.9 Å². The highest BCUT2D eigenvalue weighted by molar-refractivity contribution is 5.21. The van der Waals surface area contributed by atoms with E-state index in [2.05, 4.69) is 38.9 Å². The lowest BCUT2D eigenvalue weighted by atomic mass is 10.1. The lowest BCUT2D eigenvalue weighted by Gasteiger charge is -2.16. The molecule has 0 saturated heterocycles. The zero-order valence-electron chi connectivity index (χ0n) is 12.8. The predicted molar refractivity (Wildman–Crippen MR) is 81.8 cm³/mol. The molecule has 21 heavy (non-hydrogen) atoms. The summed E-state index contributed by atoms with van der Waals surface area (Å²) in [7, 11) is 0. The van der Waals surface area contributed by atoms with Crippen LogP contribution in [-0.4, -0.2) is 19.7 Å². The maximum atomic E-state index is 4.41. The highest BCUT2D eigenvalue weighted by Gasteiger charge is 2.18. The number of hydrogen-bond donors (Lipinski definition) is 1. The summed E-state index contributed by atoms with van der Waals surface area (Å²) in [6, 6.07) is 2.24. The van der Waals surface area contributed by atoms with Crippen molar-refractivity contribution in [2.45, 2.75) is 58.7 Å². The molecule has 1 unspecified atom stereocenters. The number of hydrogen-bond acceptors (Lipinski definition) is 4. The Hall–Kier alpha value is -1.75. The van der Waals surface area contributed by atoms with Crippen molar-refractivity contribution in [3.05, 3.63) is 41.2 Å². The molecule has 2 aromatic rings. The number of aromatic nitrogens is 4. The molecule has 3 heterocycles. The highest BCUT2D eigenvalue weighted by Crippen LogP contribution is 2.19. The van der Waals surface area contributed by atoms with Gasteiger partial charge in [-0.15, -0.1) is 10.2 Å². The largest absolute Gasteiger partial charge is 0.314 e. The van der Waals surface area contributed by atoms with Crippen molar-refractivity contribution in [1.29, 1.82) is 0 Å². The molecule has 0 aliphatic carbocycles. The summed E-state index contributed by atoms with van der Waals surface area (Å²) in [5.41, 5.74) is 2.50. The van der Waals surface area contributed by atoms with E-state index in [1.165, 1.54) is 30.4 Å². The van der Waals surface area contributed by atoms with E-state index in [4.69, 9.17) is 0 Å². The standard InChI is InChI=1S/C16H23N5/c1-12-7-8-17-10-14(12)11-18-13(2)16-20-19-15-6-4-3-5-9-21(15)16/h7-8,10,13,18H,3-6,9,11H2,1-2H3. The molecule has 0 bridgehead atoms. The highest BCUT2D eigenvalue weighted by atomic mass is 15.3. The Morgan fingerprint density at radius 1 is 1.29 bits per heavy atom. The fraction of sp³-hybridized carbons (Fsp3) is 0.562. The second-order valence-corrected chi connectivity index (χ2v) is 5.84. The first-order chi connectivity index (χ1) is 10.3. The summed E-state index contributed by atoms with van der Waals surface area (Å²) >= 11 is 0. The zero-order chi connectivity index (χ0) is 14.7. The van der Waals surface area contributed by atoms with E-state index < -0.39 is 0 Å². The minimum atomic E-state index is 0.198. The first-order valence-corrected chi connectivity index (χ1v) is 7.80. The van der Waals surface area contributed by atoms with Gasteiger partial charge in [0.05, 0.1) is 6.04 Å². The molecular weight excluding hydrogens is 262 g/mol. The second-order valence-electron chi connectivity index (χ2n) is 5.84. The van der Waals surface area contributed by atoms with Crippen LogP contribution in [0.4, 0.5) is 0 Å². The smallest absolute Gasteiger partial charge is 0.149 e. The summed E-state index contributed by atoms with van der Waals surface area (Å²) in [5, 5.41) is 12.3. The van der Waals surface area contributed by atoms with Crippen LogP contribution in [0.5, 0.6) is 0 Å². The van der Waals surface area contributed by atoms with Crippen LogP contribution < -0.4 is 5.32 Å². The molecule has 0 amide bonds. The summed E-state index contributed by atoms with van der Waals surface area (Å²) in [6.07, 6.45) is 8.57. The zero-order valence-corrected chi connectivity index (χ0v) is 12.8. The third-order valence-corrected chi connectivity index (χ3v) is 4.27. The van der Waals surface area contributed by atoms with Crippen LogP contribution in [0.25, 0.3) is 0 Å². The van der Waals surface area contributed by atoms with Crippen LogP contribution in [0.2, 0.25) is 0 Å². The van der Waals surface area contributed by atoms with Crippen molar-refractivity contribution in [2.24, 2.45) is 0 Å². The van der Waals surface area contributed by atoms with Crippen LogP contribution in [0.15, 0.2) is 18.5 Å². The average Bonchev–Trinajstić information content (AvgIpc) is 2.75. The average molecular weight is 285 g/mol. The lowest BCUT2D eigenvalue weighted by molar-refractivity contribution is 0.501. The van der Waals surface area contributed by atoms with Gasteiger partial charge in [0.1, 0.15) is 11.6 Å². The third-order valence-electron chi connectivity index (χ3n) is 4.27. The first-order valence-electron chi connectivity index (χ1n) is 7.80. The van der Waals surface area contributed by atoms with E-state index in [1.54, 1.807) is 0 Å². The Labute approximate surface area is 125 Å². The van der Waals surface area contributed by atoms with Crippen molar-refractivity contribution < 1.29 is 0 Å². The Bertz CT molecular complexity index is 604. The quantitative estimate of drug-likeness (QED) is 0.938. The van der Waals surface area contributed by atoms with Gasteiger partial charge in [0.25, 0.3) is 0 Å². The molecule has 0 radical (unpaired) electrons. The van der Waals surface area contributed by atoms with E-state index in [-0.39, 0.29) is 6.04 Å². The Kier molecular flexibility index (Phi) is 4.29. The number of fused-ring (bicyclic) bond motifs is 1. The van der Waals surface area contributed by atoms with Gasteiger partial charge in [0, 0.05) is 31.9 Å². The number of rotatable bonds is 4. The van der Waals surface area contributed by atoms with Crippen molar-refractivity contribution >= 4 is 0 Å². The molecule has 3 rings (SSSR count). The predicted octanol–water partition coefficient (Wildman–Crippen LogP) is 2.56. The SMILES string of the molecule is Cc1ccncc1CNC(C)c1nnc2n1CCCCC2. The molecule has 5 heteroatoms. The second kappa shape index (κ2) is 6.35. The maximum absolute atomic E-state index is 4.41. The van der Waals surface area contributed by atoms with Crippen molar-refractivity contribution in [1.82, 2.24) is 25.1 Å². The van der Waals surface area contributed by atoms with Crippen LogP contribution in [-0.2, 0) is 19.5 Å². The number of nitrogens with one attached hydrogen (secondary N) is 1. The molecule has 112 valence electrons. The van der Waals surface area contributed by atoms with E-state index in [1.807, 2.05) is 18.5 Å². The van der Waals surface area contributed by atoms with Gasteiger partial charge in [-0.2, -0.15) is 0 Å². The molecule has 0 spiro atoms. The van der Waals surface area contributed by atoms with Crippen LogP contribution in [0.3, 0.4) is 0 Å². The summed E-state index contributed by atoms with van der Waals surface area (Å²) in [5.74, 6) is 2.21. The first kappa shape index (κ1) is 14.2. The van der Waals surface area contributed by atoms with Crippen LogP contribution in [0, 0.1) is 6.92 Å². The van der Waals surface area contributed by atoms with Gasteiger partial charge < -0.3 is 9.88 Å². The number of aryl methyl sites for hydroxylation is 2. The summed E-state index contributed by atoms with van der Waals surface area (Å²) in [6.45, 7) is 6.14. The third kappa shape index (κ3) is 3.13. The number of nitrogens with zero attached hydrogens (tertiary/aromatic N) is 4. The van der Waals surface area contributed by atoms with Crippen molar-refractivity contribution in [3.63, 3.8) is 0 Å². The Balaban J connectivity index is 1.70. The number of pyridine rings is 1. The van der Waals surface area contributed by atoms with Gasteiger partial charge in [0.15, 0.2) is 0 Å². The molecular formula is C16H23N5. The van der Waals surface area contributed by atoms with Crippen molar-refractivity contribution in [2.75, 3.05) is 0 Å². The van der Waals surface area contributed by atoms with Gasteiger partial charge in [-0.25, -0.2) is 0 Å². The van der Waals surface area contributed by atoms with E-state index in [9.17, 15) is 0 Å². The normalized spacial score (nSPS) is 16.3. The van der Waals surface area contributed by atoms with E-state index >= 15 is 0 Å². The van der Waals surface area contributed by atoms with E-state index in [0.29, 0.717) is 0 Å². The summed E-state index contributed by atoms with van der Waals surface area (Å²) < 4.78 is 2.31. The van der Waals surface area contributed by atoms with Crippen LogP contribution >= 0.6 is 0 Å². The molecule has 2 aromatic heterocycles. The lowest BCUT2D eigenvalue weighted by Crippen LogP contribution is -2.22. The topological polar surface area (TPSA) is 55.6 Å². The van der Waals surface area contributed by atoms with Crippen molar-refractivity contribution in [3.8, 4) is 0 Å². The minimum absolute atomic E-state index is 0.198. The maximum Gasteiger partial charge on any atom is 0.149 e. The molecule has 1 aliphatic rings. The Morgan fingerprint density at radius 2 is 2.19 bits per heavy atom. The van der Waals surface area contributed by atoms with Gasteiger partial charge in [-0.3, -0.25) is 4.98 Å². The van der Waals surface area contributed by atoms with Gasteiger partial charge >= 0.3 is 0 Å². The molecule has 5 nitrogen and oxygen atoms in total. The monoisotopic (exact) mass is 285 g/mol. The molecule has 0 saturated carbocycles. The van der Waals surface area contributed by atoms with Gasteiger partial charge in [0.2, 0.25) is 0 Å². The summed E-state index contributed by atoms with van der Waals surface area (Å²) in [4.78, 5) is 4.20. The van der Waals surface area contributed by atoms with Gasteiger partial charge in [-0.1, -0.05) is 6.42 Å². The molecule has 1 atom stereocenters.